The molecule has 1 unspecified atom stereocenters. The van der Waals surface area contributed by atoms with Gasteiger partial charge in [0.05, 0.1) is 5.02 Å². The van der Waals surface area contributed by atoms with Crippen LogP contribution in [0.25, 0.3) is 0 Å². The van der Waals surface area contributed by atoms with E-state index in [0.29, 0.717) is 23.6 Å². The van der Waals surface area contributed by atoms with E-state index in [1.54, 1.807) is 18.2 Å². The smallest absolute Gasteiger partial charge is 0.224 e. The topological polar surface area (TPSA) is 55.1 Å². The lowest BCUT2D eigenvalue weighted by atomic mass is 10.0. The van der Waals surface area contributed by atoms with Crippen molar-refractivity contribution in [2.75, 3.05) is 5.32 Å². The van der Waals surface area contributed by atoms with E-state index in [1.807, 2.05) is 30.3 Å². The maximum Gasteiger partial charge on any atom is 0.224 e. The van der Waals surface area contributed by atoms with Crippen molar-refractivity contribution in [1.82, 2.24) is 0 Å². The largest absolute Gasteiger partial charge is 0.326 e. The highest BCUT2D eigenvalue weighted by Crippen LogP contribution is 2.25. The van der Waals surface area contributed by atoms with Gasteiger partial charge in [-0.1, -0.05) is 41.9 Å². The Labute approximate surface area is 137 Å². The van der Waals surface area contributed by atoms with E-state index in [2.05, 4.69) is 21.2 Å². The van der Waals surface area contributed by atoms with E-state index in [1.165, 1.54) is 0 Å². The molecule has 3 nitrogen and oxygen atoms in total. The second-order valence-corrected chi connectivity index (χ2v) is 5.99. The van der Waals surface area contributed by atoms with Crippen LogP contribution in [-0.2, 0) is 4.79 Å². The van der Waals surface area contributed by atoms with Crippen molar-refractivity contribution in [2.45, 2.75) is 18.9 Å². The number of amides is 1. The Morgan fingerprint density at radius 1 is 1.24 bits per heavy atom. The summed E-state index contributed by atoms with van der Waals surface area (Å²) in [4.78, 5) is 11.9. The van der Waals surface area contributed by atoms with Crippen LogP contribution in [0.1, 0.15) is 24.4 Å². The summed E-state index contributed by atoms with van der Waals surface area (Å²) in [7, 11) is 0. The molecule has 0 saturated heterocycles. The average molecular weight is 368 g/mol. The number of anilines is 1. The Hall–Kier alpha value is -1.36. The second kappa shape index (κ2) is 7.59. The molecule has 0 aliphatic rings. The molecule has 0 fully saturated rings. The number of nitrogens with one attached hydrogen (secondary N) is 1. The second-order valence-electron chi connectivity index (χ2n) is 4.73. The predicted molar refractivity (Wildman–Crippen MR) is 90.4 cm³/mol. The Balaban J connectivity index is 1.86. The summed E-state index contributed by atoms with van der Waals surface area (Å²) in [5.41, 5.74) is 7.83. The van der Waals surface area contributed by atoms with Crippen LogP contribution in [0.2, 0.25) is 5.02 Å². The summed E-state index contributed by atoms with van der Waals surface area (Å²) in [5, 5.41) is 3.44. The first kappa shape index (κ1) is 16.0. The molecule has 0 saturated carbocycles. The molecule has 3 N–H and O–H groups in total. The number of halogens is 2. The van der Waals surface area contributed by atoms with Crippen LogP contribution in [0.15, 0.2) is 53.0 Å². The van der Waals surface area contributed by atoms with Gasteiger partial charge in [0.15, 0.2) is 0 Å². The molecule has 2 aromatic carbocycles. The molecule has 110 valence electrons. The molecule has 5 heteroatoms. The Bertz CT molecular complexity index is 619. The van der Waals surface area contributed by atoms with E-state index in [9.17, 15) is 4.79 Å². The first-order chi connectivity index (χ1) is 10.1. The SMILES string of the molecule is NC(CCC(=O)Nc1ccc(Cl)c(Br)c1)c1ccccc1. The Morgan fingerprint density at radius 3 is 2.62 bits per heavy atom. The van der Waals surface area contributed by atoms with Gasteiger partial charge in [-0.05, 0) is 46.1 Å². The normalized spacial score (nSPS) is 12.0. The monoisotopic (exact) mass is 366 g/mol. The molecular weight excluding hydrogens is 352 g/mol. The van der Waals surface area contributed by atoms with Gasteiger partial charge in [-0.15, -0.1) is 0 Å². The third-order valence-electron chi connectivity index (χ3n) is 3.11. The summed E-state index contributed by atoms with van der Waals surface area (Å²) in [5.74, 6) is -0.0596. The van der Waals surface area contributed by atoms with Crippen LogP contribution in [-0.4, -0.2) is 5.91 Å². The quantitative estimate of drug-likeness (QED) is 0.816. The highest BCUT2D eigenvalue weighted by Gasteiger charge is 2.09. The van der Waals surface area contributed by atoms with Crippen LogP contribution in [0.5, 0.6) is 0 Å². The Morgan fingerprint density at radius 2 is 1.95 bits per heavy atom. The van der Waals surface area contributed by atoms with Gasteiger partial charge < -0.3 is 11.1 Å². The molecule has 2 rings (SSSR count). The van der Waals surface area contributed by atoms with Gasteiger partial charge in [0.2, 0.25) is 5.91 Å². The fourth-order valence-electron chi connectivity index (χ4n) is 1.95. The van der Waals surface area contributed by atoms with Crippen LogP contribution in [0.3, 0.4) is 0 Å². The number of hydrogen-bond acceptors (Lipinski definition) is 2. The zero-order valence-corrected chi connectivity index (χ0v) is 13.7. The molecule has 1 atom stereocenters. The molecule has 0 radical (unpaired) electrons. The van der Waals surface area contributed by atoms with Gasteiger partial charge in [-0.3, -0.25) is 4.79 Å². The molecule has 21 heavy (non-hydrogen) atoms. The summed E-state index contributed by atoms with van der Waals surface area (Å²) >= 11 is 9.24. The van der Waals surface area contributed by atoms with Crippen LogP contribution in [0.4, 0.5) is 5.69 Å². The number of rotatable bonds is 5. The molecule has 0 aromatic heterocycles. The predicted octanol–water partition coefficient (Wildman–Crippen LogP) is 4.52. The fraction of sp³-hybridized carbons (Fsp3) is 0.188. The van der Waals surface area contributed by atoms with Crippen molar-refractivity contribution >= 4 is 39.1 Å². The summed E-state index contributed by atoms with van der Waals surface area (Å²) in [6, 6.07) is 14.9. The summed E-state index contributed by atoms with van der Waals surface area (Å²) in [6.45, 7) is 0. The zero-order chi connectivity index (χ0) is 15.2. The van der Waals surface area contributed by atoms with Gasteiger partial charge in [0, 0.05) is 22.6 Å². The minimum atomic E-state index is -0.131. The van der Waals surface area contributed by atoms with Crippen molar-refractivity contribution in [3.63, 3.8) is 0 Å². The molecule has 0 bridgehead atoms. The minimum absolute atomic E-state index is 0.0596. The molecule has 2 aromatic rings. The van der Waals surface area contributed by atoms with Gasteiger partial charge >= 0.3 is 0 Å². The highest BCUT2D eigenvalue weighted by atomic mass is 79.9. The number of carbonyl (C=O) groups is 1. The minimum Gasteiger partial charge on any atom is -0.326 e. The van der Waals surface area contributed by atoms with E-state index in [0.717, 1.165) is 10.0 Å². The molecular formula is C16H16BrClN2O. The molecule has 0 heterocycles. The number of carbonyl (C=O) groups excluding carboxylic acids is 1. The first-order valence-corrected chi connectivity index (χ1v) is 7.79. The third-order valence-corrected chi connectivity index (χ3v) is 4.33. The molecule has 0 aliphatic carbocycles. The standard InChI is InChI=1S/C16H16BrClN2O/c17-13-10-12(6-7-14(13)18)20-16(21)9-8-15(19)11-4-2-1-3-5-11/h1-7,10,15H,8-9,19H2,(H,20,21). The van der Waals surface area contributed by atoms with E-state index in [4.69, 9.17) is 17.3 Å². The lowest BCUT2D eigenvalue weighted by Crippen LogP contribution is -2.16. The van der Waals surface area contributed by atoms with Gasteiger partial charge in [-0.2, -0.15) is 0 Å². The lowest BCUT2D eigenvalue weighted by molar-refractivity contribution is -0.116. The number of nitrogens with two attached hydrogens (primary N) is 1. The van der Waals surface area contributed by atoms with E-state index in [-0.39, 0.29) is 11.9 Å². The van der Waals surface area contributed by atoms with Crippen LogP contribution < -0.4 is 11.1 Å². The van der Waals surface area contributed by atoms with E-state index < -0.39 is 0 Å². The Kier molecular flexibility index (Phi) is 5.79. The third kappa shape index (κ3) is 4.84. The van der Waals surface area contributed by atoms with Crippen molar-refractivity contribution in [3.8, 4) is 0 Å². The van der Waals surface area contributed by atoms with Gasteiger partial charge in [0.25, 0.3) is 0 Å². The van der Waals surface area contributed by atoms with Gasteiger partial charge in [-0.25, -0.2) is 0 Å². The summed E-state index contributed by atoms with van der Waals surface area (Å²) < 4.78 is 0.753. The van der Waals surface area contributed by atoms with Crippen LogP contribution >= 0.6 is 27.5 Å². The average Bonchev–Trinajstić information content (AvgIpc) is 2.49. The summed E-state index contributed by atoms with van der Waals surface area (Å²) in [6.07, 6.45) is 0.973. The molecule has 0 aliphatic heterocycles. The number of hydrogen-bond donors (Lipinski definition) is 2. The molecule has 1 amide bonds. The van der Waals surface area contributed by atoms with E-state index >= 15 is 0 Å². The number of benzene rings is 2. The fourth-order valence-corrected chi connectivity index (χ4v) is 2.45. The zero-order valence-electron chi connectivity index (χ0n) is 11.4. The van der Waals surface area contributed by atoms with Crippen molar-refractivity contribution in [3.05, 3.63) is 63.6 Å². The van der Waals surface area contributed by atoms with Crippen LogP contribution in [0, 0.1) is 0 Å². The van der Waals surface area contributed by atoms with Gasteiger partial charge in [0.1, 0.15) is 0 Å². The first-order valence-electron chi connectivity index (χ1n) is 6.61. The van der Waals surface area contributed by atoms with Crippen molar-refractivity contribution in [1.29, 1.82) is 0 Å². The molecule has 0 spiro atoms. The maximum absolute atomic E-state index is 11.9. The maximum atomic E-state index is 11.9. The lowest BCUT2D eigenvalue weighted by Gasteiger charge is -2.12. The highest BCUT2D eigenvalue weighted by molar-refractivity contribution is 9.10. The van der Waals surface area contributed by atoms with Crippen molar-refractivity contribution in [2.24, 2.45) is 5.73 Å². The van der Waals surface area contributed by atoms with Crippen molar-refractivity contribution < 1.29 is 4.79 Å².